The second-order valence-electron chi connectivity index (χ2n) is 4.22. The molecule has 98 valence electrons. The molecule has 0 radical (unpaired) electrons. The summed E-state index contributed by atoms with van der Waals surface area (Å²) in [7, 11) is 0. The second-order valence-corrected chi connectivity index (χ2v) is 4.22. The Morgan fingerprint density at radius 3 is 2.56 bits per heavy atom. The minimum Gasteiger partial charge on any atom is -0.479 e. The number of hydrogen-bond donors (Lipinski definition) is 2. The molecule has 18 heavy (non-hydrogen) atoms. The van der Waals surface area contributed by atoms with Crippen molar-refractivity contribution in [1.29, 1.82) is 0 Å². The summed E-state index contributed by atoms with van der Waals surface area (Å²) in [5.41, 5.74) is -0.0629. The predicted octanol–water partition coefficient (Wildman–Crippen LogP) is 0.167. The third-order valence-electron chi connectivity index (χ3n) is 3.03. The highest BCUT2D eigenvalue weighted by Crippen LogP contribution is 2.38. The fraction of sp³-hybridized carbons (Fsp3) is 0.545. The number of amides is 1. The molecule has 2 N–H and O–H groups in total. The molecule has 7 nitrogen and oxygen atoms in total. The van der Waals surface area contributed by atoms with Gasteiger partial charge in [-0.1, -0.05) is 13.3 Å². The Balaban J connectivity index is 2.42. The fourth-order valence-corrected chi connectivity index (χ4v) is 2.20. The first-order chi connectivity index (χ1) is 8.47. The Labute approximate surface area is 103 Å². The molecule has 2 aliphatic heterocycles. The van der Waals surface area contributed by atoms with Crippen LogP contribution in [0.15, 0.2) is 11.3 Å². The number of carbonyl (C=O) groups is 3. The van der Waals surface area contributed by atoms with E-state index in [2.05, 4.69) is 0 Å². The van der Waals surface area contributed by atoms with Crippen LogP contribution in [0.4, 0.5) is 0 Å². The molecular weight excluding hydrogens is 242 g/mol. The first-order valence-electron chi connectivity index (χ1n) is 5.64. The van der Waals surface area contributed by atoms with Gasteiger partial charge in [-0.3, -0.25) is 9.69 Å². The molecule has 0 spiro atoms. The van der Waals surface area contributed by atoms with Gasteiger partial charge in [0.15, 0.2) is 12.3 Å². The van der Waals surface area contributed by atoms with Crippen molar-refractivity contribution >= 4 is 17.8 Å². The number of carboxylic acids is 2. The van der Waals surface area contributed by atoms with E-state index in [1.165, 1.54) is 0 Å². The summed E-state index contributed by atoms with van der Waals surface area (Å²) in [5.74, 6) is -2.90. The number of carbonyl (C=O) groups excluding carboxylic acids is 1. The van der Waals surface area contributed by atoms with Crippen LogP contribution in [0.1, 0.15) is 26.2 Å². The molecule has 0 bridgehead atoms. The molecule has 2 aliphatic rings. The van der Waals surface area contributed by atoms with Crippen molar-refractivity contribution in [2.24, 2.45) is 0 Å². The van der Waals surface area contributed by atoms with Crippen LogP contribution in [0.25, 0.3) is 0 Å². The summed E-state index contributed by atoms with van der Waals surface area (Å²) in [6.45, 7) is 1.79. The van der Waals surface area contributed by atoms with Crippen LogP contribution in [0.5, 0.6) is 0 Å². The lowest BCUT2D eigenvalue weighted by Gasteiger charge is -2.33. The lowest BCUT2D eigenvalue weighted by atomic mass is 10.0. The van der Waals surface area contributed by atoms with Gasteiger partial charge in [0.2, 0.25) is 5.91 Å². The van der Waals surface area contributed by atoms with Crippen LogP contribution < -0.4 is 0 Å². The van der Waals surface area contributed by atoms with E-state index in [0.717, 1.165) is 4.90 Å². The second kappa shape index (κ2) is 4.32. The van der Waals surface area contributed by atoms with Crippen LogP contribution in [-0.4, -0.2) is 45.2 Å². The van der Waals surface area contributed by atoms with Crippen molar-refractivity contribution in [1.82, 2.24) is 4.90 Å². The van der Waals surface area contributed by atoms with Gasteiger partial charge >= 0.3 is 11.9 Å². The number of fused-ring (bicyclic) bond motifs is 1. The molecule has 0 aliphatic carbocycles. The van der Waals surface area contributed by atoms with E-state index in [1.54, 1.807) is 6.92 Å². The summed E-state index contributed by atoms with van der Waals surface area (Å²) < 4.78 is 5.30. The van der Waals surface area contributed by atoms with Crippen LogP contribution in [0, 0.1) is 0 Å². The van der Waals surface area contributed by atoms with Gasteiger partial charge in [0, 0.05) is 0 Å². The van der Waals surface area contributed by atoms with Gasteiger partial charge in [-0.15, -0.1) is 0 Å². The number of ether oxygens (including phenoxy) is 1. The van der Waals surface area contributed by atoms with Crippen molar-refractivity contribution in [3.63, 3.8) is 0 Å². The van der Waals surface area contributed by atoms with Gasteiger partial charge in [0.25, 0.3) is 0 Å². The Morgan fingerprint density at radius 1 is 1.44 bits per heavy atom. The molecule has 2 fully saturated rings. The summed E-state index contributed by atoms with van der Waals surface area (Å²) in [6.07, 6.45) is 0.245. The number of carboxylic acid groups (broad SMARTS) is 2. The van der Waals surface area contributed by atoms with Crippen molar-refractivity contribution in [3.8, 4) is 0 Å². The van der Waals surface area contributed by atoms with Crippen LogP contribution in [0.2, 0.25) is 0 Å². The molecule has 0 aromatic heterocycles. The molecule has 2 heterocycles. The van der Waals surface area contributed by atoms with Gasteiger partial charge in [0.05, 0.1) is 12.0 Å². The van der Waals surface area contributed by atoms with Crippen molar-refractivity contribution in [2.45, 2.75) is 38.5 Å². The number of hydrogen-bond acceptors (Lipinski definition) is 4. The Morgan fingerprint density at radius 2 is 2.11 bits per heavy atom. The normalized spacial score (nSPS) is 28.3. The maximum Gasteiger partial charge on any atom is 0.335 e. The van der Waals surface area contributed by atoms with Crippen LogP contribution >= 0.6 is 0 Å². The standard InChI is InChI=1S/C11H13NO6/c1-2-3-5(10(14)15)9-8(11(16)17)12-6(13)4-7(12)18-9/h7-8H,2-4H2,1H3,(H,14,15)(H,16,17)/b9-5-/t7-,8?/m1/s1. The lowest BCUT2D eigenvalue weighted by Crippen LogP contribution is -2.54. The molecule has 7 heteroatoms. The minimum absolute atomic E-state index is 0.0629. The van der Waals surface area contributed by atoms with E-state index in [0.29, 0.717) is 6.42 Å². The minimum atomic E-state index is -1.30. The first-order valence-corrected chi connectivity index (χ1v) is 5.64. The smallest absolute Gasteiger partial charge is 0.335 e. The third-order valence-corrected chi connectivity index (χ3v) is 3.03. The molecule has 0 saturated carbocycles. The molecule has 1 amide bonds. The number of β-lactam (4-membered cyclic amide) rings is 1. The highest BCUT2D eigenvalue weighted by molar-refractivity contribution is 5.94. The largest absolute Gasteiger partial charge is 0.479 e. The van der Waals surface area contributed by atoms with Crippen LogP contribution in [0.3, 0.4) is 0 Å². The number of rotatable bonds is 4. The maximum atomic E-state index is 11.3. The summed E-state index contributed by atoms with van der Waals surface area (Å²) >= 11 is 0. The predicted molar refractivity (Wildman–Crippen MR) is 57.3 cm³/mol. The third kappa shape index (κ3) is 1.71. The quantitative estimate of drug-likeness (QED) is 0.548. The van der Waals surface area contributed by atoms with Crippen molar-refractivity contribution < 1.29 is 29.3 Å². The monoisotopic (exact) mass is 255 g/mol. The number of nitrogens with zero attached hydrogens (tertiary/aromatic N) is 1. The summed E-state index contributed by atoms with van der Waals surface area (Å²) in [6, 6.07) is -1.30. The fourth-order valence-electron chi connectivity index (χ4n) is 2.20. The zero-order valence-electron chi connectivity index (χ0n) is 9.75. The Hall–Kier alpha value is -2.05. The van der Waals surface area contributed by atoms with E-state index < -0.39 is 24.2 Å². The molecule has 0 aromatic rings. The highest BCUT2D eigenvalue weighted by atomic mass is 16.5. The van der Waals surface area contributed by atoms with E-state index in [1.807, 2.05) is 0 Å². The molecule has 2 atom stereocenters. The summed E-state index contributed by atoms with van der Waals surface area (Å²) in [5, 5.41) is 18.2. The van der Waals surface area contributed by atoms with E-state index in [9.17, 15) is 14.4 Å². The first kappa shape index (κ1) is 12.4. The maximum absolute atomic E-state index is 11.3. The van der Waals surface area contributed by atoms with Crippen LogP contribution in [-0.2, 0) is 19.1 Å². The Kier molecular flexibility index (Phi) is 2.98. The topological polar surface area (TPSA) is 104 Å². The SMILES string of the molecule is CCC/C(C(=O)O)=C1/O[C@@H]2CC(=O)N2C1C(=O)O. The average Bonchev–Trinajstić information content (AvgIpc) is 2.58. The molecule has 2 rings (SSSR count). The van der Waals surface area contributed by atoms with Crippen molar-refractivity contribution in [2.75, 3.05) is 0 Å². The van der Waals surface area contributed by atoms with Crippen molar-refractivity contribution in [3.05, 3.63) is 11.3 Å². The lowest BCUT2D eigenvalue weighted by molar-refractivity contribution is -0.163. The van der Waals surface area contributed by atoms with Gasteiger partial charge < -0.3 is 14.9 Å². The highest BCUT2D eigenvalue weighted by Gasteiger charge is 2.55. The zero-order valence-corrected chi connectivity index (χ0v) is 9.75. The van der Waals surface area contributed by atoms with E-state index in [-0.39, 0.29) is 30.1 Å². The Bertz CT molecular complexity index is 454. The van der Waals surface area contributed by atoms with Gasteiger partial charge in [0.1, 0.15) is 5.76 Å². The van der Waals surface area contributed by atoms with E-state index >= 15 is 0 Å². The van der Waals surface area contributed by atoms with E-state index in [4.69, 9.17) is 14.9 Å². The summed E-state index contributed by atoms with van der Waals surface area (Å²) in [4.78, 5) is 34.7. The van der Waals surface area contributed by atoms with Gasteiger partial charge in [-0.25, -0.2) is 9.59 Å². The molecule has 0 aromatic carbocycles. The van der Waals surface area contributed by atoms with Gasteiger partial charge in [-0.2, -0.15) is 0 Å². The number of aliphatic carboxylic acids is 2. The molecular formula is C11H13NO6. The van der Waals surface area contributed by atoms with Gasteiger partial charge in [-0.05, 0) is 6.42 Å². The average molecular weight is 255 g/mol. The zero-order chi connectivity index (χ0) is 13.4. The molecule has 2 saturated heterocycles. The molecule has 1 unspecified atom stereocenters.